The van der Waals surface area contributed by atoms with Crippen LogP contribution in [0.1, 0.15) is 20.3 Å². The number of carbonyl (C=O) groups is 2. The lowest BCUT2D eigenvalue weighted by Crippen LogP contribution is -2.45. The summed E-state index contributed by atoms with van der Waals surface area (Å²) in [5, 5.41) is 12.3. The number of piperazine rings is 1. The largest absolute Gasteiger partial charge is 0.366 e. The number of hydrogen-bond donors (Lipinski definition) is 1. The Hall–Kier alpha value is -1.93. The first kappa shape index (κ1) is 13.5. The van der Waals surface area contributed by atoms with Gasteiger partial charge in [0.05, 0.1) is 11.8 Å². The van der Waals surface area contributed by atoms with Crippen molar-refractivity contribution >= 4 is 11.6 Å². The maximum atomic E-state index is 12.3. The molecule has 0 saturated carbocycles. The van der Waals surface area contributed by atoms with Gasteiger partial charge in [0.2, 0.25) is 0 Å². The molecule has 2 aliphatic rings. The van der Waals surface area contributed by atoms with Crippen LogP contribution in [0.15, 0.2) is 22.4 Å². The minimum absolute atomic E-state index is 0.109. The van der Waals surface area contributed by atoms with Gasteiger partial charge in [0, 0.05) is 43.7 Å². The van der Waals surface area contributed by atoms with Gasteiger partial charge in [0.25, 0.3) is 0 Å². The van der Waals surface area contributed by atoms with E-state index in [1.165, 1.54) is 6.92 Å². The highest BCUT2D eigenvalue weighted by molar-refractivity contribution is 6.11. The van der Waals surface area contributed by atoms with Crippen molar-refractivity contribution in [3.63, 3.8) is 0 Å². The Balaban J connectivity index is 2.53. The van der Waals surface area contributed by atoms with Crippen molar-refractivity contribution in [2.24, 2.45) is 0 Å². The lowest BCUT2D eigenvalue weighted by Gasteiger charge is -2.34. The van der Waals surface area contributed by atoms with Gasteiger partial charge in [-0.3, -0.25) is 9.59 Å². The summed E-state index contributed by atoms with van der Waals surface area (Å²) < 4.78 is 0. The molecule has 1 aliphatic heterocycles. The van der Waals surface area contributed by atoms with Crippen LogP contribution in [0.3, 0.4) is 0 Å². The Morgan fingerprint density at radius 3 is 2.53 bits per heavy atom. The molecule has 0 aromatic heterocycles. The molecule has 1 aliphatic carbocycles. The van der Waals surface area contributed by atoms with Crippen LogP contribution < -0.4 is 5.32 Å². The molecule has 1 heterocycles. The number of hydrogen-bond acceptors (Lipinski definition) is 5. The minimum Gasteiger partial charge on any atom is -0.366 e. The van der Waals surface area contributed by atoms with Gasteiger partial charge in [-0.05, 0) is 19.4 Å². The number of rotatable bonds is 2. The molecule has 0 amide bonds. The fraction of sp³-hybridized carbons (Fsp3) is 0.500. The molecule has 1 saturated heterocycles. The van der Waals surface area contributed by atoms with E-state index in [-0.39, 0.29) is 18.0 Å². The average Bonchev–Trinajstić information content (AvgIpc) is 2.41. The van der Waals surface area contributed by atoms with Crippen molar-refractivity contribution in [3.05, 3.63) is 22.4 Å². The monoisotopic (exact) mass is 259 g/mol. The van der Waals surface area contributed by atoms with Gasteiger partial charge in [-0.25, -0.2) is 0 Å². The molecule has 0 unspecified atom stereocenters. The van der Waals surface area contributed by atoms with Crippen LogP contribution in [0.25, 0.3) is 0 Å². The normalized spacial score (nSPS) is 20.7. The van der Waals surface area contributed by atoms with Crippen molar-refractivity contribution < 1.29 is 9.59 Å². The van der Waals surface area contributed by atoms with Gasteiger partial charge in [-0.2, -0.15) is 5.26 Å². The van der Waals surface area contributed by atoms with E-state index in [4.69, 9.17) is 5.26 Å². The number of allylic oxidation sites excluding steroid dienone is 4. The SMILES string of the molecule is CC(=O)C1=C(N2CCNCC2)C(=O)CC(C#N)=C1C. The first-order chi connectivity index (χ1) is 9.06. The fourth-order valence-electron chi connectivity index (χ4n) is 2.62. The predicted molar refractivity (Wildman–Crippen MR) is 70.1 cm³/mol. The quantitative estimate of drug-likeness (QED) is 0.784. The summed E-state index contributed by atoms with van der Waals surface area (Å²) in [6.07, 6.45) is 0.109. The number of Topliss-reactive ketones (excluding diaryl/α,β-unsaturated/α-hetero) is 2. The molecule has 1 N–H and O–H groups in total. The van der Waals surface area contributed by atoms with E-state index in [0.29, 0.717) is 35.5 Å². The number of ketones is 2. The number of nitrogens with zero attached hydrogens (tertiary/aromatic N) is 2. The predicted octanol–water partition coefficient (Wildman–Crippen LogP) is 0.548. The van der Waals surface area contributed by atoms with Crippen LogP contribution in [0.4, 0.5) is 0 Å². The zero-order chi connectivity index (χ0) is 14.0. The van der Waals surface area contributed by atoms with Crippen LogP contribution in [0.2, 0.25) is 0 Å². The first-order valence-corrected chi connectivity index (χ1v) is 6.40. The molecule has 5 heteroatoms. The smallest absolute Gasteiger partial charge is 0.184 e. The van der Waals surface area contributed by atoms with Crippen LogP contribution in [-0.2, 0) is 9.59 Å². The van der Waals surface area contributed by atoms with E-state index in [1.807, 2.05) is 11.0 Å². The lowest BCUT2D eigenvalue weighted by molar-refractivity contribution is -0.118. The average molecular weight is 259 g/mol. The lowest BCUT2D eigenvalue weighted by atomic mass is 9.86. The minimum atomic E-state index is -0.146. The molecule has 2 rings (SSSR count). The molecule has 0 aromatic rings. The van der Waals surface area contributed by atoms with Gasteiger partial charge in [-0.15, -0.1) is 0 Å². The number of nitriles is 1. The van der Waals surface area contributed by atoms with Gasteiger partial charge >= 0.3 is 0 Å². The maximum absolute atomic E-state index is 12.3. The van der Waals surface area contributed by atoms with Crippen LogP contribution in [0, 0.1) is 11.3 Å². The number of nitrogens with one attached hydrogen (secondary N) is 1. The second-order valence-corrected chi connectivity index (χ2v) is 4.83. The van der Waals surface area contributed by atoms with Crippen molar-refractivity contribution in [2.45, 2.75) is 20.3 Å². The van der Waals surface area contributed by atoms with Gasteiger partial charge in [0.15, 0.2) is 11.6 Å². The zero-order valence-electron chi connectivity index (χ0n) is 11.2. The second kappa shape index (κ2) is 5.37. The van der Waals surface area contributed by atoms with E-state index in [9.17, 15) is 9.59 Å². The van der Waals surface area contributed by atoms with Crippen molar-refractivity contribution in [3.8, 4) is 6.07 Å². The van der Waals surface area contributed by atoms with Crippen molar-refractivity contribution in [1.29, 1.82) is 5.26 Å². The van der Waals surface area contributed by atoms with Crippen LogP contribution >= 0.6 is 0 Å². The molecule has 0 radical (unpaired) electrons. The van der Waals surface area contributed by atoms with E-state index in [1.54, 1.807) is 6.92 Å². The number of carbonyl (C=O) groups excluding carboxylic acids is 2. The summed E-state index contributed by atoms with van der Waals surface area (Å²) in [6, 6.07) is 2.03. The Morgan fingerprint density at radius 1 is 1.37 bits per heavy atom. The topological polar surface area (TPSA) is 73.2 Å². The van der Waals surface area contributed by atoms with Crippen molar-refractivity contribution in [1.82, 2.24) is 10.2 Å². The van der Waals surface area contributed by atoms with Gasteiger partial charge in [0.1, 0.15) is 0 Å². The Bertz CT molecular complexity index is 531. The zero-order valence-corrected chi connectivity index (χ0v) is 11.2. The Morgan fingerprint density at radius 2 is 2.00 bits per heavy atom. The second-order valence-electron chi connectivity index (χ2n) is 4.83. The Kier molecular flexibility index (Phi) is 3.82. The van der Waals surface area contributed by atoms with E-state index in [2.05, 4.69) is 5.32 Å². The molecule has 0 bridgehead atoms. The first-order valence-electron chi connectivity index (χ1n) is 6.40. The van der Waals surface area contributed by atoms with E-state index < -0.39 is 0 Å². The third kappa shape index (κ3) is 2.45. The molecular weight excluding hydrogens is 242 g/mol. The molecule has 0 aromatic carbocycles. The maximum Gasteiger partial charge on any atom is 0.184 e. The highest BCUT2D eigenvalue weighted by Crippen LogP contribution is 2.30. The van der Waals surface area contributed by atoms with Gasteiger partial charge in [-0.1, -0.05) is 0 Å². The molecule has 1 fully saturated rings. The van der Waals surface area contributed by atoms with Crippen molar-refractivity contribution in [2.75, 3.05) is 26.2 Å². The third-order valence-electron chi connectivity index (χ3n) is 3.59. The molecule has 100 valence electrons. The van der Waals surface area contributed by atoms with E-state index >= 15 is 0 Å². The molecular formula is C14H17N3O2. The fourth-order valence-corrected chi connectivity index (χ4v) is 2.62. The standard InChI is InChI=1S/C14H17N3O2/c1-9-11(8-15)7-12(19)14(13(9)10(2)18)17-5-3-16-4-6-17/h16H,3-7H2,1-2H3. The summed E-state index contributed by atoms with van der Waals surface area (Å²) in [5.74, 6) is -0.263. The summed E-state index contributed by atoms with van der Waals surface area (Å²) in [4.78, 5) is 26.1. The highest BCUT2D eigenvalue weighted by Gasteiger charge is 2.31. The highest BCUT2D eigenvalue weighted by atomic mass is 16.1. The summed E-state index contributed by atoms with van der Waals surface area (Å²) in [7, 11) is 0. The third-order valence-corrected chi connectivity index (χ3v) is 3.59. The summed E-state index contributed by atoms with van der Waals surface area (Å²) in [5.41, 5.74) is 2.00. The molecule has 0 spiro atoms. The summed E-state index contributed by atoms with van der Waals surface area (Å²) in [6.45, 7) is 6.24. The molecule has 5 nitrogen and oxygen atoms in total. The van der Waals surface area contributed by atoms with Crippen LogP contribution in [0.5, 0.6) is 0 Å². The van der Waals surface area contributed by atoms with E-state index in [0.717, 1.165) is 13.1 Å². The van der Waals surface area contributed by atoms with Crippen LogP contribution in [-0.4, -0.2) is 42.6 Å². The summed E-state index contributed by atoms with van der Waals surface area (Å²) >= 11 is 0. The van der Waals surface area contributed by atoms with Gasteiger partial charge < -0.3 is 10.2 Å². The Labute approximate surface area is 112 Å². The molecule has 19 heavy (non-hydrogen) atoms. The molecule has 0 atom stereocenters.